The molecule has 8 nitrogen and oxygen atoms in total. The van der Waals surface area contributed by atoms with Crippen LogP contribution in [0.1, 0.15) is 21.5 Å². The van der Waals surface area contributed by atoms with Crippen molar-refractivity contribution in [2.24, 2.45) is 0 Å². The first kappa shape index (κ1) is 19.1. The lowest BCUT2D eigenvalue weighted by atomic mass is 10.1. The molecule has 2 N–H and O–H groups in total. The maximum Gasteiger partial charge on any atom is 0.273 e. The molecule has 4 aromatic rings. The Morgan fingerprint density at radius 1 is 1.10 bits per heavy atom. The normalized spacial score (nSPS) is 10.9. The smallest absolute Gasteiger partial charge is 0.273 e. The number of nitro benzene ring substituents is 1. The summed E-state index contributed by atoms with van der Waals surface area (Å²) in [5.41, 5.74) is 3.46. The monoisotopic (exact) mass is 403 g/mol. The van der Waals surface area contributed by atoms with Crippen molar-refractivity contribution < 1.29 is 19.2 Å². The number of anilines is 1. The van der Waals surface area contributed by atoms with Gasteiger partial charge in [0.2, 0.25) is 5.89 Å². The van der Waals surface area contributed by atoms with Gasteiger partial charge in [0.15, 0.2) is 5.58 Å². The number of carbonyl (C=O) groups is 1. The van der Waals surface area contributed by atoms with E-state index in [1.807, 2.05) is 19.1 Å². The number of nitrogens with one attached hydrogen (secondary N) is 1. The van der Waals surface area contributed by atoms with Gasteiger partial charge in [-0.05, 0) is 55.8 Å². The highest BCUT2D eigenvalue weighted by atomic mass is 16.6. The van der Waals surface area contributed by atoms with Crippen LogP contribution in [0.3, 0.4) is 0 Å². The molecular formula is C22H17N3O5. The summed E-state index contributed by atoms with van der Waals surface area (Å²) in [5.74, 6) is -0.347. The third-order valence-electron chi connectivity index (χ3n) is 4.70. The highest BCUT2D eigenvalue weighted by molar-refractivity contribution is 6.05. The quantitative estimate of drug-likeness (QED) is 0.282. The van der Waals surface area contributed by atoms with Crippen molar-refractivity contribution in [3.8, 4) is 17.2 Å². The van der Waals surface area contributed by atoms with Gasteiger partial charge in [0, 0.05) is 22.9 Å². The lowest BCUT2D eigenvalue weighted by Crippen LogP contribution is -2.12. The Morgan fingerprint density at radius 3 is 2.67 bits per heavy atom. The summed E-state index contributed by atoms with van der Waals surface area (Å²) in [6.07, 6.45) is 0. The van der Waals surface area contributed by atoms with Crippen LogP contribution in [0.2, 0.25) is 0 Å². The molecule has 0 fully saturated rings. The second kappa shape index (κ2) is 7.32. The Balaban J connectivity index is 1.65. The van der Waals surface area contributed by atoms with Gasteiger partial charge in [-0.25, -0.2) is 4.98 Å². The second-order valence-corrected chi connectivity index (χ2v) is 6.93. The van der Waals surface area contributed by atoms with Gasteiger partial charge in [-0.1, -0.05) is 12.1 Å². The van der Waals surface area contributed by atoms with Gasteiger partial charge in [0.05, 0.1) is 10.5 Å². The second-order valence-electron chi connectivity index (χ2n) is 6.93. The molecule has 0 bridgehead atoms. The maximum atomic E-state index is 12.6. The summed E-state index contributed by atoms with van der Waals surface area (Å²) in [7, 11) is 0. The van der Waals surface area contributed by atoms with Crippen LogP contribution in [-0.2, 0) is 0 Å². The topological polar surface area (TPSA) is 118 Å². The van der Waals surface area contributed by atoms with E-state index in [9.17, 15) is 20.0 Å². The number of benzene rings is 3. The number of nitro groups is 1. The number of amides is 1. The maximum absolute atomic E-state index is 12.6. The van der Waals surface area contributed by atoms with Crippen LogP contribution < -0.4 is 5.32 Å². The van der Waals surface area contributed by atoms with E-state index in [1.165, 1.54) is 36.4 Å². The number of phenols is 1. The lowest BCUT2D eigenvalue weighted by molar-refractivity contribution is -0.385. The van der Waals surface area contributed by atoms with E-state index in [0.717, 1.165) is 5.56 Å². The molecule has 0 saturated carbocycles. The van der Waals surface area contributed by atoms with Crippen molar-refractivity contribution in [1.29, 1.82) is 0 Å². The van der Waals surface area contributed by atoms with E-state index >= 15 is 0 Å². The molecule has 3 aromatic carbocycles. The number of aromatic hydroxyl groups is 1. The average molecular weight is 403 g/mol. The number of hydrogen-bond donors (Lipinski definition) is 2. The predicted octanol–water partition coefficient (Wildman–Crippen LogP) is 4.98. The first-order valence-electron chi connectivity index (χ1n) is 9.09. The van der Waals surface area contributed by atoms with Crippen LogP contribution in [0.4, 0.5) is 11.4 Å². The van der Waals surface area contributed by atoms with Crippen LogP contribution >= 0.6 is 0 Å². The Labute approximate surface area is 170 Å². The minimum absolute atomic E-state index is 0.0535. The molecule has 0 saturated heterocycles. The Hall–Kier alpha value is -4.20. The van der Waals surface area contributed by atoms with Gasteiger partial charge < -0.3 is 14.8 Å². The lowest BCUT2D eigenvalue weighted by Gasteiger charge is -2.08. The van der Waals surface area contributed by atoms with Crippen LogP contribution in [0.25, 0.3) is 22.6 Å². The Morgan fingerprint density at radius 2 is 1.90 bits per heavy atom. The van der Waals surface area contributed by atoms with Gasteiger partial charge in [0.1, 0.15) is 11.3 Å². The molecule has 0 aliphatic carbocycles. The van der Waals surface area contributed by atoms with Crippen LogP contribution in [0, 0.1) is 24.0 Å². The molecule has 0 spiro atoms. The molecule has 0 aliphatic heterocycles. The molecule has 0 atom stereocenters. The van der Waals surface area contributed by atoms with E-state index in [4.69, 9.17) is 4.42 Å². The number of oxazole rings is 1. The zero-order chi connectivity index (χ0) is 21.4. The minimum Gasteiger partial charge on any atom is -0.507 e. The fraction of sp³-hybridized carbons (Fsp3) is 0.0909. The average Bonchev–Trinajstić information content (AvgIpc) is 3.12. The van der Waals surface area contributed by atoms with E-state index in [0.29, 0.717) is 27.9 Å². The molecule has 30 heavy (non-hydrogen) atoms. The molecule has 1 aromatic heterocycles. The first-order valence-corrected chi connectivity index (χ1v) is 9.09. The molecule has 1 heterocycles. The van der Waals surface area contributed by atoms with Gasteiger partial charge in [0.25, 0.3) is 11.6 Å². The number of rotatable bonds is 4. The Kier molecular flexibility index (Phi) is 4.67. The number of aryl methyl sites for hydroxylation is 2. The van der Waals surface area contributed by atoms with Crippen LogP contribution in [-0.4, -0.2) is 20.9 Å². The van der Waals surface area contributed by atoms with Gasteiger partial charge in [-0.2, -0.15) is 0 Å². The zero-order valence-corrected chi connectivity index (χ0v) is 16.2. The summed E-state index contributed by atoms with van der Waals surface area (Å²) in [6, 6.07) is 14.3. The van der Waals surface area contributed by atoms with E-state index in [1.54, 1.807) is 13.0 Å². The summed E-state index contributed by atoms with van der Waals surface area (Å²) < 4.78 is 5.73. The highest BCUT2D eigenvalue weighted by Gasteiger charge is 2.17. The number of aromatic nitrogens is 1. The van der Waals surface area contributed by atoms with Crippen molar-refractivity contribution in [2.75, 3.05) is 5.32 Å². The molecule has 0 unspecified atom stereocenters. The summed E-state index contributed by atoms with van der Waals surface area (Å²) in [6.45, 7) is 3.55. The molecule has 0 aliphatic rings. The van der Waals surface area contributed by atoms with Crippen LogP contribution in [0.15, 0.2) is 59.0 Å². The van der Waals surface area contributed by atoms with Gasteiger partial charge in [-0.3, -0.25) is 14.9 Å². The van der Waals surface area contributed by atoms with E-state index < -0.39 is 10.8 Å². The molecular weight excluding hydrogens is 386 g/mol. The number of fused-ring (bicyclic) bond motifs is 1. The standard InChI is InChI=1S/C22H17N3O5/c1-12-3-8-20-17(9-12)24-22(30-20)16-11-15(6-7-19(16)26)23-21(27)14-5-4-13(2)18(10-14)25(28)29/h3-11,26H,1-2H3,(H,23,27). The summed E-state index contributed by atoms with van der Waals surface area (Å²) in [5, 5.41) is 24.1. The number of nitrogens with zero attached hydrogens (tertiary/aromatic N) is 2. The summed E-state index contributed by atoms with van der Waals surface area (Å²) >= 11 is 0. The minimum atomic E-state index is -0.528. The molecule has 8 heteroatoms. The third-order valence-corrected chi connectivity index (χ3v) is 4.70. The predicted molar refractivity (Wildman–Crippen MR) is 112 cm³/mol. The van der Waals surface area contributed by atoms with Gasteiger partial charge in [-0.15, -0.1) is 0 Å². The van der Waals surface area contributed by atoms with E-state index in [-0.39, 0.29) is 22.9 Å². The van der Waals surface area contributed by atoms with Crippen molar-refractivity contribution in [3.05, 3.63) is 81.4 Å². The largest absolute Gasteiger partial charge is 0.507 e. The number of carbonyl (C=O) groups excluding carboxylic acids is 1. The van der Waals surface area contributed by atoms with Crippen molar-refractivity contribution in [2.45, 2.75) is 13.8 Å². The molecule has 0 radical (unpaired) electrons. The van der Waals surface area contributed by atoms with Gasteiger partial charge >= 0.3 is 0 Å². The highest BCUT2D eigenvalue weighted by Crippen LogP contribution is 2.33. The zero-order valence-electron chi connectivity index (χ0n) is 16.2. The molecule has 4 rings (SSSR count). The Bertz CT molecular complexity index is 1310. The number of phenolic OH excluding ortho intramolecular Hbond substituents is 1. The van der Waals surface area contributed by atoms with E-state index in [2.05, 4.69) is 10.3 Å². The van der Waals surface area contributed by atoms with Crippen molar-refractivity contribution in [1.82, 2.24) is 4.98 Å². The fourth-order valence-electron chi connectivity index (χ4n) is 3.09. The SMILES string of the molecule is Cc1ccc2oc(-c3cc(NC(=O)c4ccc(C)c([N+](=O)[O-])c4)ccc3O)nc2c1. The molecule has 150 valence electrons. The first-order chi connectivity index (χ1) is 14.3. The fourth-order valence-corrected chi connectivity index (χ4v) is 3.09. The number of hydrogen-bond acceptors (Lipinski definition) is 6. The van der Waals surface area contributed by atoms with Crippen molar-refractivity contribution >= 4 is 28.4 Å². The van der Waals surface area contributed by atoms with Crippen molar-refractivity contribution in [3.63, 3.8) is 0 Å². The van der Waals surface area contributed by atoms with Crippen LogP contribution in [0.5, 0.6) is 5.75 Å². The summed E-state index contributed by atoms with van der Waals surface area (Å²) in [4.78, 5) is 27.6. The third kappa shape index (κ3) is 3.58. The molecule has 1 amide bonds.